The fourth-order valence-electron chi connectivity index (χ4n) is 5.51. The summed E-state index contributed by atoms with van der Waals surface area (Å²) in [6.45, 7) is 2.90. The smallest absolute Gasteiger partial charge is 0.332 e. The Morgan fingerprint density at radius 1 is 0.917 bits per heavy atom. The van der Waals surface area contributed by atoms with Crippen LogP contribution in [0, 0.1) is 17.6 Å². The first-order valence-electron chi connectivity index (χ1n) is 12.1. The van der Waals surface area contributed by atoms with E-state index in [-0.39, 0.29) is 24.2 Å². The van der Waals surface area contributed by atoms with E-state index < -0.39 is 11.2 Å². The van der Waals surface area contributed by atoms with E-state index in [1.807, 2.05) is 4.57 Å². The first-order valence-corrected chi connectivity index (χ1v) is 12.1. The predicted molar refractivity (Wildman–Crippen MR) is 132 cm³/mol. The molecule has 1 N–H and O–H groups in total. The van der Waals surface area contributed by atoms with Crippen LogP contribution in [0.3, 0.4) is 0 Å². The average molecular weight is 493 g/mol. The molecule has 2 aromatic carbocycles. The molecular formula is C26H26F2N6O2. The molecule has 8 nitrogen and oxygen atoms in total. The van der Waals surface area contributed by atoms with Gasteiger partial charge in [0, 0.05) is 32.7 Å². The average Bonchev–Trinajstić information content (AvgIpc) is 3.58. The molecule has 2 unspecified atom stereocenters. The Hall–Kier alpha value is -3.79. The van der Waals surface area contributed by atoms with Gasteiger partial charge in [-0.1, -0.05) is 24.3 Å². The molecule has 0 spiro atoms. The first kappa shape index (κ1) is 22.7. The Kier molecular flexibility index (Phi) is 5.48. The van der Waals surface area contributed by atoms with E-state index in [1.165, 1.54) is 28.8 Å². The van der Waals surface area contributed by atoms with Crippen LogP contribution < -0.4 is 21.5 Å². The van der Waals surface area contributed by atoms with Gasteiger partial charge in [0.25, 0.3) is 5.56 Å². The molecule has 2 fully saturated rings. The SMILES string of the molecule is Cn1c(=O)n(Cc2ccc(F)cc2)c(=O)c2c1nc(N1CCC3CNCC31)n2Cc1ccc(F)cc1. The van der Waals surface area contributed by atoms with Gasteiger partial charge in [-0.05, 0) is 47.7 Å². The van der Waals surface area contributed by atoms with Crippen molar-refractivity contribution in [2.75, 3.05) is 24.5 Å². The van der Waals surface area contributed by atoms with E-state index in [1.54, 1.807) is 31.3 Å². The summed E-state index contributed by atoms with van der Waals surface area (Å²) in [6, 6.07) is 12.1. The van der Waals surface area contributed by atoms with Crippen molar-refractivity contribution >= 4 is 17.1 Å². The number of aromatic nitrogens is 4. The van der Waals surface area contributed by atoms with Crippen molar-refractivity contribution in [2.24, 2.45) is 13.0 Å². The fourth-order valence-corrected chi connectivity index (χ4v) is 5.51. The molecule has 6 rings (SSSR count). The van der Waals surface area contributed by atoms with Gasteiger partial charge in [-0.2, -0.15) is 4.98 Å². The highest BCUT2D eigenvalue weighted by Crippen LogP contribution is 2.33. The quantitative estimate of drug-likeness (QED) is 0.462. The zero-order valence-corrected chi connectivity index (χ0v) is 19.8. The first-order chi connectivity index (χ1) is 17.4. The maximum atomic E-state index is 13.8. The standard InChI is InChI=1S/C26H26F2N6O2/c1-31-23-22(24(35)34(26(31)36)15-17-4-8-20(28)9-5-17)33(14-16-2-6-19(27)7-3-16)25(30-23)32-11-10-18-12-29-13-21(18)32/h2-9,18,21,29H,10-15H2,1H3. The number of aryl methyl sites for hydroxylation is 1. The highest BCUT2D eigenvalue weighted by atomic mass is 19.1. The second kappa shape index (κ2) is 8.70. The van der Waals surface area contributed by atoms with Gasteiger partial charge in [0.05, 0.1) is 13.1 Å². The van der Waals surface area contributed by atoms with Gasteiger partial charge in [0.1, 0.15) is 11.6 Å². The second-order valence-electron chi connectivity index (χ2n) is 9.62. The van der Waals surface area contributed by atoms with Crippen LogP contribution in [0.1, 0.15) is 17.5 Å². The Bertz CT molecular complexity index is 1560. The molecule has 4 aromatic rings. The minimum Gasteiger partial charge on any atom is -0.338 e. The van der Waals surface area contributed by atoms with Crippen molar-refractivity contribution in [3.05, 3.63) is 92.1 Å². The summed E-state index contributed by atoms with van der Waals surface area (Å²) in [6.07, 6.45) is 1.02. The number of nitrogens with one attached hydrogen (secondary N) is 1. The van der Waals surface area contributed by atoms with Crippen LogP contribution in [-0.4, -0.2) is 44.4 Å². The minimum atomic E-state index is -0.489. The van der Waals surface area contributed by atoms with Gasteiger partial charge in [0.2, 0.25) is 5.95 Å². The number of imidazole rings is 1. The summed E-state index contributed by atoms with van der Waals surface area (Å²) in [5.41, 5.74) is 1.13. The highest BCUT2D eigenvalue weighted by molar-refractivity contribution is 5.75. The zero-order chi connectivity index (χ0) is 25.0. The van der Waals surface area contributed by atoms with E-state index in [9.17, 15) is 18.4 Å². The molecule has 10 heteroatoms. The number of rotatable bonds is 5. The van der Waals surface area contributed by atoms with E-state index in [0.717, 1.165) is 36.2 Å². The lowest BCUT2D eigenvalue weighted by atomic mass is 10.1. The van der Waals surface area contributed by atoms with Crippen LogP contribution in [0.25, 0.3) is 11.2 Å². The number of fused-ring (bicyclic) bond motifs is 2. The number of halogens is 2. The summed E-state index contributed by atoms with van der Waals surface area (Å²) in [4.78, 5) is 34.1. The highest BCUT2D eigenvalue weighted by Gasteiger charge is 2.40. The van der Waals surface area contributed by atoms with Crippen molar-refractivity contribution in [2.45, 2.75) is 25.6 Å². The van der Waals surface area contributed by atoms with Crippen molar-refractivity contribution < 1.29 is 8.78 Å². The molecule has 2 aliphatic rings. The third kappa shape index (κ3) is 3.72. The van der Waals surface area contributed by atoms with Crippen molar-refractivity contribution in [3.8, 4) is 0 Å². The summed E-state index contributed by atoms with van der Waals surface area (Å²) in [7, 11) is 1.61. The molecule has 186 valence electrons. The minimum absolute atomic E-state index is 0.0110. The Balaban J connectivity index is 1.54. The Morgan fingerprint density at radius 2 is 1.53 bits per heavy atom. The second-order valence-corrected chi connectivity index (χ2v) is 9.62. The molecule has 0 aliphatic carbocycles. The van der Waals surface area contributed by atoms with E-state index in [0.29, 0.717) is 35.1 Å². The van der Waals surface area contributed by atoms with Crippen LogP contribution in [0.2, 0.25) is 0 Å². The van der Waals surface area contributed by atoms with E-state index in [4.69, 9.17) is 4.98 Å². The normalized spacial score (nSPS) is 19.4. The zero-order valence-electron chi connectivity index (χ0n) is 19.8. The van der Waals surface area contributed by atoms with Gasteiger partial charge in [-0.15, -0.1) is 0 Å². The van der Waals surface area contributed by atoms with Gasteiger partial charge < -0.3 is 10.2 Å². The van der Waals surface area contributed by atoms with Gasteiger partial charge in [-0.3, -0.25) is 18.5 Å². The molecule has 2 aliphatic heterocycles. The number of hydrogen-bond acceptors (Lipinski definition) is 5. The summed E-state index contributed by atoms with van der Waals surface area (Å²) < 4.78 is 31.4. The lowest BCUT2D eigenvalue weighted by Gasteiger charge is -2.25. The molecule has 2 saturated heterocycles. The molecule has 0 radical (unpaired) electrons. The van der Waals surface area contributed by atoms with Crippen molar-refractivity contribution in [1.29, 1.82) is 0 Å². The fraction of sp³-hybridized carbons (Fsp3) is 0.346. The van der Waals surface area contributed by atoms with Crippen LogP contribution in [0.5, 0.6) is 0 Å². The molecule has 2 atom stereocenters. The number of hydrogen-bond donors (Lipinski definition) is 1. The summed E-state index contributed by atoms with van der Waals surface area (Å²) >= 11 is 0. The topological polar surface area (TPSA) is 77.1 Å². The molecule has 0 saturated carbocycles. The van der Waals surface area contributed by atoms with Crippen LogP contribution in [0.15, 0.2) is 58.1 Å². The largest absolute Gasteiger partial charge is 0.338 e. The number of nitrogens with zero attached hydrogens (tertiary/aromatic N) is 5. The van der Waals surface area contributed by atoms with Gasteiger partial charge in [0.15, 0.2) is 11.2 Å². The number of benzene rings is 2. The predicted octanol–water partition coefficient (Wildman–Crippen LogP) is 2.07. The van der Waals surface area contributed by atoms with E-state index in [2.05, 4.69) is 10.2 Å². The van der Waals surface area contributed by atoms with Gasteiger partial charge >= 0.3 is 5.69 Å². The lowest BCUT2D eigenvalue weighted by Crippen LogP contribution is -2.40. The molecule has 4 heterocycles. The van der Waals surface area contributed by atoms with E-state index >= 15 is 0 Å². The molecule has 2 aromatic heterocycles. The summed E-state index contributed by atoms with van der Waals surface area (Å²) in [5.74, 6) is 0.417. The number of anilines is 1. The maximum absolute atomic E-state index is 13.8. The lowest BCUT2D eigenvalue weighted by molar-refractivity contribution is 0.572. The summed E-state index contributed by atoms with van der Waals surface area (Å²) in [5, 5.41) is 3.44. The van der Waals surface area contributed by atoms with Gasteiger partial charge in [-0.25, -0.2) is 13.6 Å². The monoisotopic (exact) mass is 492 g/mol. The Labute approximate surface area is 205 Å². The molecular weight excluding hydrogens is 466 g/mol. The van der Waals surface area contributed by atoms with Crippen molar-refractivity contribution in [1.82, 2.24) is 24.0 Å². The third-order valence-corrected chi connectivity index (χ3v) is 7.42. The van der Waals surface area contributed by atoms with Crippen molar-refractivity contribution in [3.63, 3.8) is 0 Å². The molecule has 0 amide bonds. The van der Waals surface area contributed by atoms with Crippen LogP contribution >= 0.6 is 0 Å². The van der Waals surface area contributed by atoms with Crippen LogP contribution in [0.4, 0.5) is 14.7 Å². The molecule has 0 bridgehead atoms. The van der Waals surface area contributed by atoms with Crippen LogP contribution in [-0.2, 0) is 20.1 Å². The Morgan fingerprint density at radius 3 is 2.17 bits per heavy atom. The molecule has 36 heavy (non-hydrogen) atoms. The third-order valence-electron chi connectivity index (χ3n) is 7.42. The maximum Gasteiger partial charge on any atom is 0.332 e.